The summed E-state index contributed by atoms with van der Waals surface area (Å²) in [6, 6.07) is 12.5. The van der Waals surface area contributed by atoms with Gasteiger partial charge in [-0.15, -0.1) is 11.3 Å². The number of thiophene rings is 1. The van der Waals surface area contributed by atoms with Crippen molar-refractivity contribution in [2.45, 2.75) is 38.8 Å². The molecular formula is C19H24N2OS. The second-order valence-corrected chi connectivity index (χ2v) is 7.17. The first-order valence-corrected chi connectivity index (χ1v) is 9.27. The Kier molecular flexibility index (Phi) is 5.83. The summed E-state index contributed by atoms with van der Waals surface area (Å²) < 4.78 is 0. The summed E-state index contributed by atoms with van der Waals surface area (Å²) >= 11 is 1.63. The van der Waals surface area contributed by atoms with Gasteiger partial charge < -0.3 is 5.32 Å². The molecule has 1 aliphatic heterocycles. The largest absolute Gasteiger partial charge is 0.352 e. The Morgan fingerprint density at radius 3 is 2.57 bits per heavy atom. The molecule has 1 N–H and O–H groups in total. The van der Waals surface area contributed by atoms with Crippen LogP contribution in [0.3, 0.4) is 0 Å². The molecule has 0 atom stereocenters. The van der Waals surface area contributed by atoms with Crippen molar-refractivity contribution in [3.63, 3.8) is 0 Å². The standard InChI is InChI=1S/C19H24N2OS/c22-19(13-18-9-6-12-23-18)20-14-16-7-2-3-8-17(16)15-21-10-4-1-5-11-21/h2-3,6-9,12H,1,4-5,10-11,13-15H2,(H,20,22). The summed E-state index contributed by atoms with van der Waals surface area (Å²) in [4.78, 5) is 15.7. The van der Waals surface area contributed by atoms with Crippen LogP contribution in [0.4, 0.5) is 0 Å². The molecule has 2 heterocycles. The monoisotopic (exact) mass is 328 g/mol. The Labute approximate surface area is 142 Å². The molecule has 1 aromatic carbocycles. The summed E-state index contributed by atoms with van der Waals surface area (Å²) in [6.07, 6.45) is 4.45. The van der Waals surface area contributed by atoms with Crippen molar-refractivity contribution in [3.05, 3.63) is 57.8 Å². The van der Waals surface area contributed by atoms with Gasteiger partial charge in [0.25, 0.3) is 0 Å². The Balaban J connectivity index is 1.55. The summed E-state index contributed by atoms with van der Waals surface area (Å²) in [5.74, 6) is 0.0974. The van der Waals surface area contributed by atoms with E-state index >= 15 is 0 Å². The molecule has 0 spiro atoms. The molecule has 2 aromatic rings. The summed E-state index contributed by atoms with van der Waals surface area (Å²) in [5.41, 5.74) is 2.57. The van der Waals surface area contributed by atoms with E-state index < -0.39 is 0 Å². The fraction of sp³-hybridized carbons (Fsp3) is 0.421. The number of carbonyl (C=O) groups excluding carboxylic acids is 1. The van der Waals surface area contributed by atoms with Gasteiger partial charge in [-0.1, -0.05) is 36.8 Å². The Morgan fingerprint density at radius 1 is 1.04 bits per heavy atom. The number of hydrogen-bond acceptors (Lipinski definition) is 3. The highest BCUT2D eigenvalue weighted by atomic mass is 32.1. The van der Waals surface area contributed by atoms with Crippen LogP contribution in [0.25, 0.3) is 0 Å². The maximum Gasteiger partial charge on any atom is 0.225 e. The lowest BCUT2D eigenvalue weighted by Gasteiger charge is -2.27. The topological polar surface area (TPSA) is 32.3 Å². The molecular weight excluding hydrogens is 304 g/mol. The minimum atomic E-state index is 0.0974. The third kappa shape index (κ3) is 4.91. The lowest BCUT2D eigenvalue weighted by molar-refractivity contribution is -0.120. The average Bonchev–Trinajstić information content (AvgIpc) is 3.08. The minimum Gasteiger partial charge on any atom is -0.352 e. The minimum absolute atomic E-state index is 0.0974. The number of carbonyl (C=O) groups is 1. The zero-order valence-corrected chi connectivity index (χ0v) is 14.3. The van der Waals surface area contributed by atoms with Crippen LogP contribution in [0.2, 0.25) is 0 Å². The van der Waals surface area contributed by atoms with Gasteiger partial charge in [0.05, 0.1) is 6.42 Å². The summed E-state index contributed by atoms with van der Waals surface area (Å²) in [7, 11) is 0. The van der Waals surface area contributed by atoms with Crippen LogP contribution in [0, 0.1) is 0 Å². The molecule has 1 amide bonds. The fourth-order valence-corrected chi connectivity index (χ4v) is 3.77. The van der Waals surface area contributed by atoms with E-state index in [4.69, 9.17) is 0 Å². The lowest BCUT2D eigenvalue weighted by atomic mass is 10.0. The second kappa shape index (κ2) is 8.27. The Morgan fingerprint density at radius 2 is 1.83 bits per heavy atom. The summed E-state index contributed by atoms with van der Waals surface area (Å²) in [5, 5.41) is 5.07. The number of benzene rings is 1. The van der Waals surface area contributed by atoms with Crippen LogP contribution in [0.15, 0.2) is 41.8 Å². The molecule has 23 heavy (non-hydrogen) atoms. The number of piperidine rings is 1. The van der Waals surface area contributed by atoms with Crippen molar-refractivity contribution in [3.8, 4) is 0 Å². The number of likely N-dealkylation sites (tertiary alicyclic amines) is 1. The van der Waals surface area contributed by atoms with Crippen molar-refractivity contribution in [2.24, 2.45) is 0 Å². The first kappa shape index (κ1) is 16.2. The highest BCUT2D eigenvalue weighted by Gasteiger charge is 2.13. The van der Waals surface area contributed by atoms with Crippen molar-refractivity contribution in [1.82, 2.24) is 10.2 Å². The maximum absolute atomic E-state index is 12.1. The van der Waals surface area contributed by atoms with Crippen LogP contribution in [-0.4, -0.2) is 23.9 Å². The third-order valence-corrected chi connectivity index (χ3v) is 5.23. The van der Waals surface area contributed by atoms with Crippen LogP contribution < -0.4 is 5.32 Å². The zero-order chi connectivity index (χ0) is 15.9. The van der Waals surface area contributed by atoms with Gasteiger partial charge in [0, 0.05) is 18.0 Å². The van der Waals surface area contributed by atoms with Crippen LogP contribution in [-0.2, 0) is 24.3 Å². The molecule has 1 fully saturated rings. The number of amides is 1. The van der Waals surface area contributed by atoms with Crippen molar-refractivity contribution in [2.75, 3.05) is 13.1 Å². The van der Waals surface area contributed by atoms with Crippen LogP contribution in [0.1, 0.15) is 35.3 Å². The number of nitrogens with one attached hydrogen (secondary N) is 1. The van der Waals surface area contributed by atoms with E-state index in [-0.39, 0.29) is 5.91 Å². The van der Waals surface area contributed by atoms with E-state index in [2.05, 4.69) is 34.5 Å². The van der Waals surface area contributed by atoms with E-state index in [0.29, 0.717) is 13.0 Å². The van der Waals surface area contributed by atoms with Gasteiger partial charge in [-0.3, -0.25) is 9.69 Å². The average molecular weight is 328 g/mol. The van der Waals surface area contributed by atoms with E-state index in [1.807, 2.05) is 17.5 Å². The molecule has 1 saturated heterocycles. The predicted molar refractivity (Wildman–Crippen MR) is 95.4 cm³/mol. The molecule has 0 aliphatic carbocycles. The first-order valence-electron chi connectivity index (χ1n) is 8.39. The SMILES string of the molecule is O=C(Cc1cccs1)NCc1ccccc1CN1CCCCC1. The number of hydrogen-bond donors (Lipinski definition) is 1. The maximum atomic E-state index is 12.1. The van der Waals surface area contributed by atoms with Crippen molar-refractivity contribution < 1.29 is 4.79 Å². The number of nitrogens with zero attached hydrogens (tertiary/aromatic N) is 1. The quantitative estimate of drug-likeness (QED) is 0.879. The second-order valence-electron chi connectivity index (χ2n) is 6.14. The van der Waals surface area contributed by atoms with E-state index in [9.17, 15) is 4.79 Å². The van der Waals surface area contributed by atoms with Crippen molar-refractivity contribution in [1.29, 1.82) is 0 Å². The smallest absolute Gasteiger partial charge is 0.225 e. The molecule has 4 heteroatoms. The van der Waals surface area contributed by atoms with Gasteiger partial charge in [0.2, 0.25) is 5.91 Å². The molecule has 122 valence electrons. The van der Waals surface area contributed by atoms with Crippen LogP contribution >= 0.6 is 11.3 Å². The molecule has 1 aromatic heterocycles. The first-order chi connectivity index (χ1) is 11.3. The van der Waals surface area contributed by atoms with Gasteiger partial charge >= 0.3 is 0 Å². The van der Waals surface area contributed by atoms with Gasteiger partial charge in [-0.25, -0.2) is 0 Å². The van der Waals surface area contributed by atoms with E-state index in [0.717, 1.165) is 11.4 Å². The third-order valence-electron chi connectivity index (χ3n) is 4.35. The molecule has 0 saturated carbocycles. The van der Waals surface area contributed by atoms with Crippen molar-refractivity contribution >= 4 is 17.2 Å². The lowest BCUT2D eigenvalue weighted by Crippen LogP contribution is -2.30. The molecule has 0 unspecified atom stereocenters. The Bertz CT molecular complexity index is 618. The predicted octanol–water partition coefficient (Wildman–Crippen LogP) is 3.59. The highest BCUT2D eigenvalue weighted by Crippen LogP contribution is 2.16. The van der Waals surface area contributed by atoms with Gasteiger partial charge in [0.15, 0.2) is 0 Å². The highest BCUT2D eigenvalue weighted by molar-refractivity contribution is 7.10. The van der Waals surface area contributed by atoms with Gasteiger partial charge in [-0.05, 0) is 48.5 Å². The molecule has 1 aliphatic rings. The van der Waals surface area contributed by atoms with E-state index in [1.54, 1.807) is 11.3 Å². The normalized spacial score (nSPS) is 15.5. The van der Waals surface area contributed by atoms with Gasteiger partial charge in [0.1, 0.15) is 0 Å². The van der Waals surface area contributed by atoms with E-state index in [1.165, 1.54) is 43.5 Å². The van der Waals surface area contributed by atoms with Crippen LogP contribution in [0.5, 0.6) is 0 Å². The molecule has 0 bridgehead atoms. The molecule has 0 radical (unpaired) electrons. The Hall–Kier alpha value is -1.65. The zero-order valence-electron chi connectivity index (χ0n) is 13.5. The summed E-state index contributed by atoms with van der Waals surface area (Å²) in [6.45, 7) is 4.00. The van der Waals surface area contributed by atoms with Gasteiger partial charge in [-0.2, -0.15) is 0 Å². The fourth-order valence-electron chi connectivity index (χ4n) is 3.07. The number of rotatable bonds is 6. The molecule has 3 rings (SSSR count). The molecule has 3 nitrogen and oxygen atoms in total.